The number of hydrogen-bond acceptors (Lipinski definition) is 6. The molecular weight excluding hydrogens is 522 g/mol. The molecule has 2 aromatic rings. The molecule has 0 bridgehead atoms. The average Bonchev–Trinajstić information content (AvgIpc) is 2.97. The number of nitrogens with one attached hydrogen (secondary N) is 3. The maximum atomic E-state index is 12.9. The van der Waals surface area contributed by atoms with Crippen LogP contribution in [0, 0.1) is 11.3 Å². The summed E-state index contributed by atoms with van der Waals surface area (Å²) in [5.41, 5.74) is 1.66. The molecule has 9 nitrogen and oxygen atoms in total. The quantitative estimate of drug-likeness (QED) is 0.166. The standard InChI is InChI=1S/C32H45N3O6/c1-5-6-8-17-29(38)35-28(19-36)32(22-37,18-23(2)3)21-33-30(39)24(4)34-31(40)41-20-26-15-11-12-16-27(26)25-13-9-7-10-14-25/h7,9-16,19,23-24,28,37H,5-6,8,17-18,20-22H2,1-4H3,(H,33,39)(H,34,40)(H,35,38)/t24-,28?,32?/m0/s1. The number of aliphatic hydroxyl groups excluding tert-OH is 1. The minimum absolute atomic E-state index is 0.0201. The highest BCUT2D eigenvalue weighted by atomic mass is 16.5. The smallest absolute Gasteiger partial charge is 0.408 e. The van der Waals surface area contributed by atoms with Gasteiger partial charge in [0, 0.05) is 18.4 Å². The van der Waals surface area contributed by atoms with Gasteiger partial charge in [-0.05, 0) is 42.4 Å². The first-order chi connectivity index (χ1) is 19.7. The number of hydrogen-bond donors (Lipinski definition) is 4. The van der Waals surface area contributed by atoms with E-state index in [1.807, 2.05) is 75.4 Å². The molecule has 0 aliphatic carbocycles. The fraction of sp³-hybridized carbons (Fsp3) is 0.500. The molecule has 0 fully saturated rings. The molecule has 3 amide bonds. The van der Waals surface area contributed by atoms with Crippen molar-refractivity contribution in [1.29, 1.82) is 0 Å². The Balaban J connectivity index is 1.99. The summed E-state index contributed by atoms with van der Waals surface area (Å²) in [5.74, 6) is -0.704. The van der Waals surface area contributed by atoms with Crippen LogP contribution in [-0.4, -0.2) is 54.5 Å². The number of aliphatic hydroxyl groups is 1. The minimum atomic E-state index is -1.10. The van der Waals surface area contributed by atoms with Crippen molar-refractivity contribution in [2.75, 3.05) is 13.2 Å². The third-order valence-electron chi connectivity index (χ3n) is 7.05. The van der Waals surface area contributed by atoms with Gasteiger partial charge in [0.05, 0.1) is 12.6 Å². The Morgan fingerprint density at radius 3 is 2.29 bits per heavy atom. The Bertz CT molecular complexity index is 1120. The molecule has 0 aliphatic rings. The van der Waals surface area contributed by atoms with E-state index >= 15 is 0 Å². The molecule has 4 N–H and O–H groups in total. The van der Waals surface area contributed by atoms with Gasteiger partial charge in [0.2, 0.25) is 11.8 Å². The van der Waals surface area contributed by atoms with Crippen LogP contribution in [0.3, 0.4) is 0 Å². The fourth-order valence-corrected chi connectivity index (χ4v) is 4.84. The zero-order valence-electron chi connectivity index (χ0n) is 24.7. The van der Waals surface area contributed by atoms with Gasteiger partial charge in [0.15, 0.2) is 0 Å². The van der Waals surface area contributed by atoms with Crippen molar-refractivity contribution in [3.8, 4) is 11.1 Å². The predicted octanol–water partition coefficient (Wildman–Crippen LogP) is 4.37. The highest BCUT2D eigenvalue weighted by Crippen LogP contribution is 2.29. The summed E-state index contributed by atoms with van der Waals surface area (Å²) in [6, 6.07) is 15.4. The SMILES string of the molecule is CCCCCC(=O)NC(C=O)C(CO)(CNC(=O)[C@H](C)NC(=O)OCc1ccccc1-c1ccccc1)CC(C)C. The van der Waals surface area contributed by atoms with Gasteiger partial charge in [-0.1, -0.05) is 88.2 Å². The zero-order valence-corrected chi connectivity index (χ0v) is 24.7. The Hall–Kier alpha value is -3.72. The molecular formula is C32H45N3O6. The van der Waals surface area contributed by atoms with Gasteiger partial charge in [0.1, 0.15) is 18.9 Å². The van der Waals surface area contributed by atoms with Crippen LogP contribution in [0.15, 0.2) is 54.6 Å². The second kappa shape index (κ2) is 17.2. The predicted molar refractivity (Wildman–Crippen MR) is 159 cm³/mol. The van der Waals surface area contributed by atoms with E-state index in [-0.39, 0.29) is 31.4 Å². The normalized spacial score (nSPS) is 13.9. The lowest BCUT2D eigenvalue weighted by atomic mass is 9.74. The molecule has 0 aliphatic heterocycles. The maximum absolute atomic E-state index is 12.9. The van der Waals surface area contributed by atoms with Gasteiger partial charge in [-0.2, -0.15) is 0 Å². The number of carbonyl (C=O) groups excluding carboxylic acids is 4. The molecule has 2 unspecified atom stereocenters. The van der Waals surface area contributed by atoms with Gasteiger partial charge in [-0.3, -0.25) is 9.59 Å². The van der Waals surface area contributed by atoms with E-state index in [0.717, 1.165) is 29.5 Å². The van der Waals surface area contributed by atoms with Crippen LogP contribution in [0.5, 0.6) is 0 Å². The van der Waals surface area contributed by atoms with Crippen LogP contribution in [0.1, 0.15) is 65.4 Å². The van der Waals surface area contributed by atoms with Crippen molar-refractivity contribution >= 4 is 24.2 Å². The number of carbonyl (C=O) groups is 4. The van der Waals surface area contributed by atoms with Crippen LogP contribution >= 0.6 is 0 Å². The van der Waals surface area contributed by atoms with E-state index in [1.54, 1.807) is 0 Å². The topological polar surface area (TPSA) is 134 Å². The van der Waals surface area contributed by atoms with Crippen LogP contribution in [0.25, 0.3) is 11.1 Å². The second-order valence-electron chi connectivity index (χ2n) is 10.9. The molecule has 9 heteroatoms. The first-order valence-corrected chi connectivity index (χ1v) is 14.4. The Morgan fingerprint density at radius 1 is 0.976 bits per heavy atom. The summed E-state index contributed by atoms with van der Waals surface area (Å²) in [7, 11) is 0. The van der Waals surface area contributed by atoms with Crippen molar-refractivity contribution < 1.29 is 29.0 Å². The fourth-order valence-electron chi connectivity index (χ4n) is 4.84. The number of alkyl carbamates (subject to hydrolysis) is 1. The lowest BCUT2D eigenvalue weighted by Crippen LogP contribution is -2.58. The van der Waals surface area contributed by atoms with E-state index in [4.69, 9.17) is 4.74 Å². The van der Waals surface area contributed by atoms with E-state index < -0.39 is 36.1 Å². The number of amides is 3. The summed E-state index contributed by atoms with van der Waals surface area (Å²) in [5, 5.41) is 18.4. The summed E-state index contributed by atoms with van der Waals surface area (Å²) in [4.78, 5) is 50.0. The average molecular weight is 568 g/mol. The summed E-state index contributed by atoms with van der Waals surface area (Å²) in [6.07, 6.45) is 3.10. The van der Waals surface area contributed by atoms with Crippen molar-refractivity contribution in [3.63, 3.8) is 0 Å². The summed E-state index contributed by atoms with van der Waals surface area (Å²) in [6.45, 7) is 6.96. The lowest BCUT2D eigenvalue weighted by Gasteiger charge is -2.38. The minimum Gasteiger partial charge on any atom is -0.445 e. The monoisotopic (exact) mass is 567 g/mol. The lowest BCUT2D eigenvalue weighted by molar-refractivity contribution is -0.128. The van der Waals surface area contributed by atoms with Gasteiger partial charge in [-0.15, -0.1) is 0 Å². The van der Waals surface area contributed by atoms with E-state index in [0.29, 0.717) is 19.1 Å². The van der Waals surface area contributed by atoms with Crippen LogP contribution in [0.4, 0.5) is 4.79 Å². The van der Waals surface area contributed by atoms with Gasteiger partial charge in [-0.25, -0.2) is 4.79 Å². The number of benzene rings is 2. The Kier molecular flexibility index (Phi) is 14.0. The molecule has 2 aromatic carbocycles. The van der Waals surface area contributed by atoms with E-state index in [1.165, 1.54) is 6.92 Å². The number of rotatable bonds is 17. The van der Waals surface area contributed by atoms with Crippen molar-refractivity contribution in [2.24, 2.45) is 11.3 Å². The summed E-state index contributed by atoms with van der Waals surface area (Å²) >= 11 is 0. The number of aldehydes is 1. The molecule has 0 saturated heterocycles. The van der Waals surface area contributed by atoms with Crippen molar-refractivity contribution in [2.45, 2.75) is 78.5 Å². The van der Waals surface area contributed by atoms with Crippen molar-refractivity contribution in [1.82, 2.24) is 16.0 Å². The highest BCUT2D eigenvalue weighted by molar-refractivity contribution is 5.85. The largest absolute Gasteiger partial charge is 0.445 e. The van der Waals surface area contributed by atoms with Crippen molar-refractivity contribution in [3.05, 3.63) is 60.2 Å². The molecule has 0 heterocycles. The van der Waals surface area contributed by atoms with E-state index in [9.17, 15) is 24.3 Å². The van der Waals surface area contributed by atoms with Gasteiger partial charge in [0.25, 0.3) is 0 Å². The second-order valence-corrected chi connectivity index (χ2v) is 10.9. The Labute approximate surface area is 243 Å². The van der Waals surface area contributed by atoms with Crippen LogP contribution < -0.4 is 16.0 Å². The van der Waals surface area contributed by atoms with Gasteiger partial charge >= 0.3 is 6.09 Å². The number of unbranched alkanes of at least 4 members (excludes halogenated alkanes) is 2. The molecule has 0 radical (unpaired) electrons. The van der Waals surface area contributed by atoms with Crippen LogP contribution in [-0.2, 0) is 25.7 Å². The maximum Gasteiger partial charge on any atom is 0.408 e. The third-order valence-corrected chi connectivity index (χ3v) is 7.05. The number of ether oxygens (including phenoxy) is 1. The molecule has 224 valence electrons. The first-order valence-electron chi connectivity index (χ1n) is 14.4. The van der Waals surface area contributed by atoms with Crippen LogP contribution in [0.2, 0.25) is 0 Å². The molecule has 0 saturated carbocycles. The summed E-state index contributed by atoms with van der Waals surface area (Å²) < 4.78 is 5.41. The van der Waals surface area contributed by atoms with E-state index in [2.05, 4.69) is 16.0 Å². The van der Waals surface area contributed by atoms with Gasteiger partial charge < -0.3 is 30.6 Å². The molecule has 0 spiro atoms. The third kappa shape index (κ3) is 10.6. The molecule has 41 heavy (non-hydrogen) atoms. The first kappa shape index (κ1) is 33.5. The molecule has 0 aromatic heterocycles. The highest BCUT2D eigenvalue weighted by Gasteiger charge is 2.40. The zero-order chi connectivity index (χ0) is 30.3. The Morgan fingerprint density at radius 2 is 1.66 bits per heavy atom. The molecule has 2 rings (SSSR count). The molecule has 3 atom stereocenters.